The number of benzene rings is 1. The first-order valence-electron chi connectivity index (χ1n) is 5.24. The van der Waals surface area contributed by atoms with Gasteiger partial charge in [0.05, 0.1) is 5.52 Å². The molecule has 0 spiro atoms. The number of hydrogen-bond donors (Lipinski definition) is 1. The summed E-state index contributed by atoms with van der Waals surface area (Å²) >= 11 is 6.00. The van der Waals surface area contributed by atoms with Crippen LogP contribution < -0.4 is 0 Å². The normalized spacial score (nSPS) is 11.5. The van der Waals surface area contributed by atoms with E-state index in [1.54, 1.807) is 0 Å². The molecule has 0 aliphatic carbocycles. The molecule has 0 aliphatic heterocycles. The summed E-state index contributed by atoms with van der Waals surface area (Å²) < 4.78 is 1.85. The van der Waals surface area contributed by atoms with Crippen molar-refractivity contribution >= 4 is 28.2 Å². The van der Waals surface area contributed by atoms with Crippen molar-refractivity contribution in [2.24, 2.45) is 0 Å². The molecule has 0 saturated heterocycles. The van der Waals surface area contributed by atoms with Gasteiger partial charge in [0.2, 0.25) is 0 Å². The van der Waals surface area contributed by atoms with Crippen molar-refractivity contribution < 1.29 is 5.11 Å². The Morgan fingerprint density at radius 3 is 2.88 bits per heavy atom. The van der Waals surface area contributed by atoms with E-state index in [0.717, 1.165) is 22.1 Å². The Kier molecular flexibility index (Phi) is 2.28. The summed E-state index contributed by atoms with van der Waals surface area (Å²) in [6, 6.07) is 7.59. The van der Waals surface area contributed by atoms with E-state index in [0.29, 0.717) is 10.8 Å². The summed E-state index contributed by atoms with van der Waals surface area (Å²) in [5.74, 6) is 0.535. The molecule has 3 rings (SSSR count). The molecule has 2 aromatic heterocycles. The number of aliphatic hydroxyl groups is 1. The lowest BCUT2D eigenvalue weighted by Gasteiger charge is -2.07. The van der Waals surface area contributed by atoms with Crippen LogP contribution in [-0.4, -0.2) is 19.7 Å². The van der Waals surface area contributed by atoms with E-state index < -0.39 is 0 Å². The van der Waals surface area contributed by atoms with E-state index in [2.05, 4.69) is 10.2 Å². The summed E-state index contributed by atoms with van der Waals surface area (Å²) in [7, 11) is 0. The number of hydrogen-bond acceptors (Lipinski definition) is 3. The fraction of sp³-hybridized carbons (Fsp3) is 0.167. The number of aromatic nitrogens is 3. The monoisotopic (exact) mass is 247 g/mol. The summed E-state index contributed by atoms with van der Waals surface area (Å²) in [6.07, 6.45) is 0. The molecule has 0 aliphatic rings. The van der Waals surface area contributed by atoms with Crippen molar-refractivity contribution in [3.63, 3.8) is 0 Å². The molecule has 0 fully saturated rings. The SMILES string of the molecule is Cc1cc2nnc(CO)n2c2ccc(Cl)cc12. The average Bonchev–Trinajstić information content (AvgIpc) is 2.72. The highest BCUT2D eigenvalue weighted by Gasteiger charge is 2.10. The van der Waals surface area contributed by atoms with Crippen molar-refractivity contribution in [2.45, 2.75) is 13.5 Å². The smallest absolute Gasteiger partial charge is 0.163 e. The van der Waals surface area contributed by atoms with E-state index in [9.17, 15) is 5.11 Å². The highest BCUT2D eigenvalue weighted by Crippen LogP contribution is 2.24. The van der Waals surface area contributed by atoms with Crippen LogP contribution in [0, 0.1) is 6.92 Å². The van der Waals surface area contributed by atoms with Crippen LogP contribution in [0.4, 0.5) is 0 Å². The molecule has 17 heavy (non-hydrogen) atoms. The van der Waals surface area contributed by atoms with Gasteiger partial charge in [-0.25, -0.2) is 0 Å². The zero-order valence-corrected chi connectivity index (χ0v) is 9.94. The van der Waals surface area contributed by atoms with Crippen LogP contribution in [0.15, 0.2) is 24.3 Å². The minimum atomic E-state index is -0.137. The lowest BCUT2D eigenvalue weighted by Crippen LogP contribution is -1.97. The number of aliphatic hydroxyl groups excluding tert-OH is 1. The summed E-state index contributed by atoms with van der Waals surface area (Å²) in [5, 5.41) is 19.0. The van der Waals surface area contributed by atoms with Gasteiger partial charge in [0.25, 0.3) is 0 Å². The van der Waals surface area contributed by atoms with Crippen molar-refractivity contribution in [2.75, 3.05) is 0 Å². The predicted molar refractivity (Wildman–Crippen MR) is 66.2 cm³/mol. The number of aryl methyl sites for hydroxylation is 1. The van der Waals surface area contributed by atoms with Crippen molar-refractivity contribution in [1.82, 2.24) is 14.6 Å². The zero-order valence-electron chi connectivity index (χ0n) is 9.18. The van der Waals surface area contributed by atoms with Crippen LogP contribution in [0.1, 0.15) is 11.4 Å². The van der Waals surface area contributed by atoms with E-state index in [1.165, 1.54) is 0 Å². The van der Waals surface area contributed by atoms with Crippen LogP contribution in [0.2, 0.25) is 5.02 Å². The van der Waals surface area contributed by atoms with E-state index >= 15 is 0 Å². The largest absolute Gasteiger partial charge is 0.388 e. The average molecular weight is 248 g/mol. The molecule has 0 unspecified atom stereocenters. The molecular weight excluding hydrogens is 238 g/mol. The topological polar surface area (TPSA) is 50.4 Å². The van der Waals surface area contributed by atoms with Gasteiger partial charge in [-0.05, 0) is 36.8 Å². The lowest BCUT2D eigenvalue weighted by molar-refractivity contribution is 0.270. The van der Waals surface area contributed by atoms with Crippen LogP contribution in [-0.2, 0) is 6.61 Å². The second-order valence-corrected chi connectivity index (χ2v) is 4.39. The molecular formula is C12H10ClN3O. The third-order valence-corrected chi connectivity index (χ3v) is 3.10. The number of nitrogens with zero attached hydrogens (tertiary/aromatic N) is 3. The first kappa shape index (κ1) is 10.5. The van der Waals surface area contributed by atoms with Crippen LogP contribution in [0.25, 0.3) is 16.6 Å². The van der Waals surface area contributed by atoms with Gasteiger partial charge in [-0.1, -0.05) is 11.6 Å². The second kappa shape index (κ2) is 3.68. The fourth-order valence-electron chi connectivity index (χ4n) is 2.08. The maximum Gasteiger partial charge on any atom is 0.163 e. The molecule has 0 saturated carbocycles. The van der Waals surface area contributed by atoms with Gasteiger partial charge in [0.1, 0.15) is 6.61 Å². The number of pyridine rings is 1. The van der Waals surface area contributed by atoms with E-state index in [4.69, 9.17) is 11.6 Å². The van der Waals surface area contributed by atoms with Gasteiger partial charge in [0.15, 0.2) is 11.5 Å². The van der Waals surface area contributed by atoms with Crippen LogP contribution >= 0.6 is 11.6 Å². The Bertz CT molecular complexity index is 720. The lowest BCUT2D eigenvalue weighted by atomic mass is 10.1. The summed E-state index contributed by atoms with van der Waals surface area (Å²) in [6.45, 7) is 1.87. The molecule has 86 valence electrons. The highest BCUT2D eigenvalue weighted by atomic mass is 35.5. The zero-order chi connectivity index (χ0) is 12.0. The molecule has 2 heterocycles. The Labute approximate surface area is 102 Å². The van der Waals surface area contributed by atoms with Gasteiger partial charge in [-0.15, -0.1) is 10.2 Å². The predicted octanol–water partition coefficient (Wildman–Crippen LogP) is 2.34. The number of halogens is 1. The summed E-state index contributed by atoms with van der Waals surface area (Å²) in [4.78, 5) is 0. The van der Waals surface area contributed by atoms with E-state index in [-0.39, 0.29) is 6.61 Å². The quantitative estimate of drug-likeness (QED) is 0.718. The molecule has 1 N–H and O–H groups in total. The molecule has 0 bridgehead atoms. The molecule has 0 radical (unpaired) electrons. The van der Waals surface area contributed by atoms with Crippen molar-refractivity contribution in [3.8, 4) is 0 Å². The molecule has 1 aromatic carbocycles. The van der Waals surface area contributed by atoms with E-state index in [1.807, 2.05) is 35.6 Å². The maximum absolute atomic E-state index is 9.26. The first-order chi connectivity index (χ1) is 8.20. The number of rotatable bonds is 1. The molecule has 5 heteroatoms. The maximum atomic E-state index is 9.26. The first-order valence-corrected chi connectivity index (χ1v) is 5.62. The van der Waals surface area contributed by atoms with Gasteiger partial charge >= 0.3 is 0 Å². The molecule has 0 amide bonds. The highest BCUT2D eigenvalue weighted by molar-refractivity contribution is 6.31. The third kappa shape index (κ3) is 1.49. The Hall–Kier alpha value is -1.65. The third-order valence-electron chi connectivity index (χ3n) is 2.87. The standard InChI is InChI=1S/C12H10ClN3O/c1-7-4-11-14-15-12(6-17)16(11)10-3-2-8(13)5-9(7)10/h2-5,17H,6H2,1H3. The van der Waals surface area contributed by atoms with Crippen LogP contribution in [0.3, 0.4) is 0 Å². The van der Waals surface area contributed by atoms with Crippen molar-refractivity contribution in [3.05, 3.63) is 40.7 Å². The van der Waals surface area contributed by atoms with Gasteiger partial charge in [0, 0.05) is 10.4 Å². The summed E-state index contributed by atoms with van der Waals surface area (Å²) in [5.41, 5.74) is 2.78. The van der Waals surface area contributed by atoms with Crippen LogP contribution in [0.5, 0.6) is 0 Å². The second-order valence-electron chi connectivity index (χ2n) is 3.96. The molecule has 3 aromatic rings. The minimum Gasteiger partial charge on any atom is -0.388 e. The number of fused-ring (bicyclic) bond motifs is 3. The Morgan fingerprint density at radius 2 is 2.12 bits per heavy atom. The van der Waals surface area contributed by atoms with Gasteiger partial charge < -0.3 is 5.11 Å². The minimum absolute atomic E-state index is 0.137. The molecule has 4 nitrogen and oxygen atoms in total. The van der Waals surface area contributed by atoms with Gasteiger partial charge in [-0.3, -0.25) is 4.40 Å². The Morgan fingerprint density at radius 1 is 1.29 bits per heavy atom. The Balaban J connectivity index is 2.56. The van der Waals surface area contributed by atoms with Crippen molar-refractivity contribution in [1.29, 1.82) is 0 Å². The fourth-order valence-corrected chi connectivity index (χ4v) is 2.25. The van der Waals surface area contributed by atoms with Gasteiger partial charge in [-0.2, -0.15) is 0 Å². The molecule has 0 atom stereocenters.